The van der Waals surface area contributed by atoms with Gasteiger partial charge in [0.15, 0.2) is 0 Å². The third kappa shape index (κ3) is 4.34. The molecule has 2 heterocycles. The van der Waals surface area contributed by atoms with E-state index in [-0.39, 0.29) is 6.09 Å². The maximum atomic E-state index is 12.5. The lowest BCUT2D eigenvalue weighted by Gasteiger charge is -2.43. The summed E-state index contributed by atoms with van der Waals surface area (Å²) >= 11 is 0. The molecule has 1 amide bonds. The zero-order chi connectivity index (χ0) is 24.6. The van der Waals surface area contributed by atoms with Crippen molar-refractivity contribution < 1.29 is 14.3 Å². The van der Waals surface area contributed by atoms with Crippen LogP contribution in [0.4, 0.5) is 4.79 Å². The van der Waals surface area contributed by atoms with Crippen molar-refractivity contribution in [2.45, 2.75) is 51.2 Å². The van der Waals surface area contributed by atoms with Gasteiger partial charge in [-0.25, -0.2) is 14.8 Å². The first kappa shape index (κ1) is 22.9. The number of hydrogen-bond donors (Lipinski definition) is 1. The number of imidazole rings is 1. The molecule has 1 fully saturated rings. The lowest BCUT2D eigenvalue weighted by atomic mass is 9.71. The first-order valence-corrected chi connectivity index (χ1v) is 11.9. The van der Waals surface area contributed by atoms with Crippen LogP contribution in [-0.2, 0) is 10.3 Å². The van der Waals surface area contributed by atoms with Gasteiger partial charge in [0.2, 0.25) is 5.65 Å². The monoisotopic (exact) mass is 470 g/mol. The fourth-order valence-corrected chi connectivity index (χ4v) is 4.63. The van der Waals surface area contributed by atoms with Gasteiger partial charge >= 0.3 is 6.09 Å². The van der Waals surface area contributed by atoms with E-state index in [0.717, 1.165) is 47.3 Å². The number of amides is 1. The van der Waals surface area contributed by atoms with E-state index in [1.807, 2.05) is 49.6 Å². The van der Waals surface area contributed by atoms with Crippen molar-refractivity contribution in [1.29, 1.82) is 0 Å². The third-order valence-corrected chi connectivity index (χ3v) is 6.41. The molecular formula is C28H30N4O3. The summed E-state index contributed by atoms with van der Waals surface area (Å²) in [6.45, 7) is 5.62. The smallest absolute Gasteiger partial charge is 0.408 e. The predicted octanol–water partition coefficient (Wildman–Crippen LogP) is 5.98. The van der Waals surface area contributed by atoms with Crippen LogP contribution in [-0.4, -0.2) is 33.2 Å². The van der Waals surface area contributed by atoms with Gasteiger partial charge in [0.05, 0.1) is 24.0 Å². The van der Waals surface area contributed by atoms with Gasteiger partial charge in [-0.3, -0.25) is 4.40 Å². The number of nitrogens with zero attached hydrogens (tertiary/aromatic N) is 3. The zero-order valence-electron chi connectivity index (χ0n) is 20.5. The van der Waals surface area contributed by atoms with Gasteiger partial charge < -0.3 is 14.8 Å². The molecule has 0 spiro atoms. The zero-order valence-corrected chi connectivity index (χ0v) is 20.5. The van der Waals surface area contributed by atoms with E-state index >= 15 is 0 Å². The van der Waals surface area contributed by atoms with Crippen molar-refractivity contribution in [3.05, 3.63) is 72.6 Å². The summed E-state index contributed by atoms with van der Waals surface area (Å²) in [6.07, 6.45) is 6.08. The molecule has 2 aromatic carbocycles. The Bertz CT molecular complexity index is 1350. The van der Waals surface area contributed by atoms with Gasteiger partial charge in [0.1, 0.15) is 5.60 Å². The first-order chi connectivity index (χ1) is 16.8. The number of ether oxygens (including phenoxy) is 2. The Labute approximate surface area is 205 Å². The van der Waals surface area contributed by atoms with Crippen LogP contribution in [0.25, 0.3) is 28.2 Å². The third-order valence-electron chi connectivity index (χ3n) is 6.41. The molecule has 1 saturated carbocycles. The molecule has 7 nitrogen and oxygen atoms in total. The molecule has 5 rings (SSSR count). The van der Waals surface area contributed by atoms with Crippen LogP contribution < -0.4 is 10.1 Å². The number of aromatic nitrogens is 3. The number of carbonyl (C=O) groups is 1. The summed E-state index contributed by atoms with van der Waals surface area (Å²) in [5.41, 5.74) is 4.65. The number of benzene rings is 2. The van der Waals surface area contributed by atoms with Gasteiger partial charge in [0, 0.05) is 23.5 Å². The average molecular weight is 471 g/mol. The van der Waals surface area contributed by atoms with Crippen LogP contribution in [0.5, 0.6) is 5.88 Å². The number of alkyl carbamates (subject to hydrolysis) is 1. The van der Waals surface area contributed by atoms with E-state index < -0.39 is 11.1 Å². The van der Waals surface area contributed by atoms with E-state index in [9.17, 15) is 4.79 Å². The number of hydrogen-bond acceptors (Lipinski definition) is 5. The van der Waals surface area contributed by atoms with Gasteiger partial charge in [-0.1, -0.05) is 54.6 Å². The summed E-state index contributed by atoms with van der Waals surface area (Å²) in [5.74, 6) is 0.475. The normalized spacial score (nSPS) is 14.9. The molecule has 2 aromatic heterocycles. The molecule has 0 aliphatic heterocycles. The fourth-order valence-electron chi connectivity index (χ4n) is 4.63. The summed E-state index contributed by atoms with van der Waals surface area (Å²) < 4.78 is 13.0. The van der Waals surface area contributed by atoms with Gasteiger partial charge in [-0.15, -0.1) is 0 Å². The molecule has 1 aliphatic carbocycles. The van der Waals surface area contributed by atoms with Gasteiger partial charge in [-0.05, 0) is 45.6 Å². The predicted molar refractivity (Wildman–Crippen MR) is 135 cm³/mol. The molecule has 180 valence electrons. The van der Waals surface area contributed by atoms with E-state index in [0.29, 0.717) is 11.5 Å². The van der Waals surface area contributed by atoms with Crippen molar-refractivity contribution >= 4 is 11.7 Å². The second-order valence-electron chi connectivity index (χ2n) is 9.95. The molecule has 1 N–H and O–H groups in total. The van der Waals surface area contributed by atoms with Crippen molar-refractivity contribution in [3.8, 4) is 28.4 Å². The molecule has 0 saturated heterocycles. The van der Waals surface area contributed by atoms with E-state index in [1.165, 1.54) is 0 Å². The van der Waals surface area contributed by atoms with E-state index in [4.69, 9.17) is 14.5 Å². The Kier molecular flexibility index (Phi) is 5.71. The highest BCUT2D eigenvalue weighted by Gasteiger charge is 2.41. The summed E-state index contributed by atoms with van der Waals surface area (Å²) in [5, 5.41) is 3.13. The fraction of sp³-hybridized carbons (Fsp3) is 0.321. The molecule has 0 bridgehead atoms. The lowest BCUT2D eigenvalue weighted by molar-refractivity contribution is 0.0377. The largest absolute Gasteiger partial charge is 0.478 e. The first-order valence-electron chi connectivity index (χ1n) is 11.9. The van der Waals surface area contributed by atoms with Gasteiger partial charge in [0.25, 0.3) is 5.88 Å². The van der Waals surface area contributed by atoms with Crippen LogP contribution in [0.1, 0.15) is 45.6 Å². The summed E-state index contributed by atoms with van der Waals surface area (Å²) in [4.78, 5) is 21.8. The van der Waals surface area contributed by atoms with E-state index in [1.54, 1.807) is 13.3 Å². The second kappa shape index (κ2) is 8.73. The summed E-state index contributed by atoms with van der Waals surface area (Å²) in [6, 6.07) is 18.5. The van der Waals surface area contributed by atoms with Crippen molar-refractivity contribution in [2.24, 2.45) is 0 Å². The maximum Gasteiger partial charge on any atom is 0.408 e. The van der Waals surface area contributed by atoms with Crippen LogP contribution in [0.15, 0.2) is 67.0 Å². The number of rotatable bonds is 5. The van der Waals surface area contributed by atoms with Crippen LogP contribution >= 0.6 is 0 Å². The standard InChI is InChI=1S/C28H30N4O3/c1-27(2,3)35-26(33)31-28(15-8-16-28)21-13-11-19(12-14-21)22-23(20-9-6-5-7-10-20)32-18-17-29-25(34-4)24(32)30-22/h5-7,9-14,17-18H,8,15-16H2,1-4H3,(H,31,33). The minimum Gasteiger partial charge on any atom is -0.478 e. The van der Waals surface area contributed by atoms with Crippen molar-refractivity contribution in [2.75, 3.05) is 7.11 Å². The SMILES string of the molecule is COc1nccn2c(-c3ccccc3)c(-c3ccc(C4(NC(=O)OC(C)(C)C)CCC4)cc3)nc12. The minimum atomic E-state index is -0.536. The molecule has 0 radical (unpaired) electrons. The highest BCUT2D eigenvalue weighted by Crippen LogP contribution is 2.42. The number of carbonyl (C=O) groups excluding carboxylic acids is 1. The molecule has 1 aliphatic rings. The lowest BCUT2D eigenvalue weighted by Crippen LogP contribution is -2.52. The highest BCUT2D eigenvalue weighted by atomic mass is 16.6. The Morgan fingerprint density at radius 1 is 1.03 bits per heavy atom. The number of fused-ring (bicyclic) bond motifs is 1. The maximum absolute atomic E-state index is 12.5. The molecular weight excluding hydrogens is 440 g/mol. The van der Waals surface area contributed by atoms with Crippen molar-refractivity contribution in [1.82, 2.24) is 19.7 Å². The average Bonchev–Trinajstić information content (AvgIpc) is 3.21. The molecule has 4 aromatic rings. The molecule has 35 heavy (non-hydrogen) atoms. The Hall–Kier alpha value is -3.87. The van der Waals surface area contributed by atoms with E-state index in [2.05, 4.69) is 46.7 Å². The Morgan fingerprint density at radius 3 is 2.34 bits per heavy atom. The minimum absolute atomic E-state index is 0.382. The topological polar surface area (TPSA) is 77.8 Å². The molecule has 0 atom stereocenters. The van der Waals surface area contributed by atoms with Crippen molar-refractivity contribution in [3.63, 3.8) is 0 Å². The van der Waals surface area contributed by atoms with Gasteiger partial charge in [-0.2, -0.15) is 0 Å². The Balaban J connectivity index is 1.54. The quantitative estimate of drug-likeness (QED) is 0.388. The highest BCUT2D eigenvalue weighted by molar-refractivity contribution is 5.83. The van der Waals surface area contributed by atoms with Crippen LogP contribution in [0.3, 0.4) is 0 Å². The van der Waals surface area contributed by atoms with Crippen LogP contribution in [0.2, 0.25) is 0 Å². The van der Waals surface area contributed by atoms with Crippen LogP contribution in [0, 0.1) is 0 Å². The second-order valence-corrected chi connectivity index (χ2v) is 9.95. The summed E-state index contributed by atoms with van der Waals surface area (Å²) in [7, 11) is 1.60. The molecule has 0 unspecified atom stereocenters. The molecule has 7 heteroatoms. The number of methoxy groups -OCH3 is 1. The Morgan fingerprint density at radius 2 is 1.74 bits per heavy atom. The number of nitrogens with one attached hydrogen (secondary N) is 1.